The van der Waals surface area contributed by atoms with Crippen LogP contribution in [0.2, 0.25) is 0 Å². The lowest BCUT2D eigenvalue weighted by Gasteiger charge is -2.36. The van der Waals surface area contributed by atoms with Crippen molar-refractivity contribution in [1.29, 1.82) is 0 Å². The van der Waals surface area contributed by atoms with Crippen molar-refractivity contribution in [3.05, 3.63) is 102 Å². The molecule has 14 nitrogen and oxygen atoms in total. The first-order valence-electron chi connectivity index (χ1n) is 14.8. The fraction of sp³-hybridized carbons (Fsp3) is 0.273. The Labute approximate surface area is 272 Å². The molecular weight excluding hydrogens is 606 g/mol. The standard InChI is InChI=1S/C33H39N7O7/c1-36-33(47)38-25-16-14-22(15-17-25)19-40(31(46)29(23-9-4-2-5-10-23)24-11-6-3-7-12-24)26(13-8-18-37-32(34)35)30(45)39(20-27(41)42)21-28(43)44/h2-7,9-12,14-17,26,29H,8,13,18-21H2,1H3,(H,41,42)(H,43,44)(H4,34,35,37)(H2,36,38,47)/t26-/m1/s1. The van der Waals surface area contributed by atoms with E-state index in [1.807, 2.05) is 12.1 Å². The Morgan fingerprint density at radius 2 is 1.32 bits per heavy atom. The summed E-state index contributed by atoms with van der Waals surface area (Å²) in [6, 6.07) is 22.9. The highest BCUT2D eigenvalue weighted by atomic mass is 16.4. The van der Waals surface area contributed by atoms with Gasteiger partial charge in [-0.2, -0.15) is 0 Å². The lowest BCUT2D eigenvalue weighted by Crippen LogP contribution is -2.53. The van der Waals surface area contributed by atoms with E-state index in [0.717, 1.165) is 0 Å². The van der Waals surface area contributed by atoms with E-state index >= 15 is 0 Å². The Bertz CT molecular complexity index is 1490. The van der Waals surface area contributed by atoms with E-state index in [4.69, 9.17) is 11.5 Å². The summed E-state index contributed by atoms with van der Waals surface area (Å²) < 4.78 is 0. The summed E-state index contributed by atoms with van der Waals surface area (Å²) in [5, 5.41) is 24.2. The number of carboxylic acid groups (broad SMARTS) is 2. The van der Waals surface area contributed by atoms with Gasteiger partial charge in [0.2, 0.25) is 11.8 Å². The van der Waals surface area contributed by atoms with Crippen molar-refractivity contribution in [2.24, 2.45) is 16.5 Å². The Balaban J connectivity index is 2.17. The molecule has 3 rings (SSSR count). The summed E-state index contributed by atoms with van der Waals surface area (Å²) in [5.74, 6) is -5.19. The van der Waals surface area contributed by atoms with Gasteiger partial charge in [0.25, 0.3) is 0 Å². The van der Waals surface area contributed by atoms with E-state index in [1.165, 1.54) is 11.9 Å². The number of rotatable bonds is 16. The molecule has 0 saturated heterocycles. The second-order valence-electron chi connectivity index (χ2n) is 10.6. The smallest absolute Gasteiger partial charge is 0.323 e. The molecule has 0 spiro atoms. The van der Waals surface area contributed by atoms with Crippen molar-refractivity contribution < 1.29 is 34.2 Å². The number of nitrogens with two attached hydrogens (primary N) is 2. The normalized spacial score (nSPS) is 11.2. The molecule has 14 heteroatoms. The maximum atomic E-state index is 14.8. The van der Waals surface area contributed by atoms with E-state index in [9.17, 15) is 34.2 Å². The van der Waals surface area contributed by atoms with E-state index in [0.29, 0.717) is 27.3 Å². The van der Waals surface area contributed by atoms with Gasteiger partial charge in [-0.15, -0.1) is 0 Å². The lowest BCUT2D eigenvalue weighted by molar-refractivity contribution is -0.154. The summed E-state index contributed by atoms with van der Waals surface area (Å²) in [6.07, 6.45) is 0.200. The average molecular weight is 646 g/mol. The minimum atomic E-state index is -1.41. The third-order valence-corrected chi connectivity index (χ3v) is 7.14. The van der Waals surface area contributed by atoms with Gasteiger partial charge in [0.05, 0.1) is 5.92 Å². The molecule has 4 amide bonds. The predicted molar refractivity (Wildman–Crippen MR) is 175 cm³/mol. The molecule has 0 aliphatic rings. The molecule has 0 fully saturated rings. The van der Waals surface area contributed by atoms with Gasteiger partial charge in [-0.25, -0.2) is 4.79 Å². The topological polar surface area (TPSA) is 221 Å². The molecule has 47 heavy (non-hydrogen) atoms. The molecule has 0 aromatic heterocycles. The molecule has 0 aliphatic heterocycles. The van der Waals surface area contributed by atoms with Crippen molar-refractivity contribution in [1.82, 2.24) is 15.1 Å². The van der Waals surface area contributed by atoms with Crippen LogP contribution >= 0.6 is 0 Å². The number of hydrogen-bond donors (Lipinski definition) is 6. The summed E-state index contributed by atoms with van der Waals surface area (Å²) >= 11 is 0. The summed E-state index contributed by atoms with van der Waals surface area (Å²) in [5.41, 5.74) is 13.3. The van der Waals surface area contributed by atoms with Crippen LogP contribution in [0.25, 0.3) is 0 Å². The fourth-order valence-electron chi connectivity index (χ4n) is 5.01. The van der Waals surface area contributed by atoms with Crippen molar-refractivity contribution in [2.45, 2.75) is 31.3 Å². The maximum absolute atomic E-state index is 14.8. The molecule has 3 aromatic rings. The highest BCUT2D eigenvalue weighted by Gasteiger charge is 2.38. The van der Waals surface area contributed by atoms with Crippen LogP contribution < -0.4 is 22.1 Å². The zero-order chi connectivity index (χ0) is 34.3. The van der Waals surface area contributed by atoms with E-state index in [-0.39, 0.29) is 31.9 Å². The Morgan fingerprint density at radius 3 is 1.79 bits per heavy atom. The van der Waals surface area contributed by atoms with Crippen LogP contribution in [0.3, 0.4) is 0 Å². The Kier molecular flexibility index (Phi) is 13.3. The van der Waals surface area contributed by atoms with Gasteiger partial charge in [-0.3, -0.25) is 24.2 Å². The quantitative estimate of drug-likeness (QED) is 0.0761. The largest absolute Gasteiger partial charge is 0.480 e. The fourth-order valence-corrected chi connectivity index (χ4v) is 5.01. The second kappa shape index (κ2) is 17.5. The summed E-state index contributed by atoms with van der Waals surface area (Å²) in [4.78, 5) is 70.2. The van der Waals surface area contributed by atoms with Crippen LogP contribution in [0, 0.1) is 0 Å². The number of carboxylic acids is 2. The minimum Gasteiger partial charge on any atom is -0.480 e. The number of amides is 4. The average Bonchev–Trinajstić information content (AvgIpc) is 3.04. The monoisotopic (exact) mass is 645 g/mol. The first-order valence-corrected chi connectivity index (χ1v) is 14.8. The van der Waals surface area contributed by atoms with Crippen LogP contribution in [0.15, 0.2) is 89.9 Å². The number of hydrogen-bond acceptors (Lipinski definition) is 6. The number of aliphatic imine (C=N–C) groups is 1. The van der Waals surface area contributed by atoms with Gasteiger partial charge in [0, 0.05) is 25.8 Å². The molecule has 0 saturated carbocycles. The lowest BCUT2D eigenvalue weighted by atomic mass is 9.89. The molecule has 0 bridgehead atoms. The number of guanidine groups is 1. The third kappa shape index (κ3) is 10.9. The molecule has 1 atom stereocenters. The van der Waals surface area contributed by atoms with Crippen LogP contribution in [0.1, 0.15) is 35.4 Å². The van der Waals surface area contributed by atoms with E-state index < -0.39 is 54.8 Å². The minimum absolute atomic E-state index is 0.0102. The summed E-state index contributed by atoms with van der Waals surface area (Å²) in [6.45, 7) is -1.79. The Morgan fingerprint density at radius 1 is 0.787 bits per heavy atom. The van der Waals surface area contributed by atoms with E-state index in [2.05, 4.69) is 15.6 Å². The van der Waals surface area contributed by atoms with Crippen LogP contribution in [0.5, 0.6) is 0 Å². The number of nitrogens with one attached hydrogen (secondary N) is 2. The molecule has 3 aromatic carbocycles. The maximum Gasteiger partial charge on any atom is 0.323 e. The number of aliphatic carboxylic acids is 2. The molecule has 0 unspecified atom stereocenters. The molecule has 8 N–H and O–H groups in total. The number of nitrogens with zero attached hydrogens (tertiary/aromatic N) is 3. The molecule has 248 valence electrons. The summed E-state index contributed by atoms with van der Waals surface area (Å²) in [7, 11) is 1.48. The molecule has 0 radical (unpaired) electrons. The predicted octanol–water partition coefficient (Wildman–Crippen LogP) is 2.02. The number of benzene rings is 3. The van der Waals surface area contributed by atoms with Gasteiger partial charge in [-0.05, 0) is 41.7 Å². The first-order chi connectivity index (χ1) is 22.5. The highest BCUT2D eigenvalue weighted by molar-refractivity contribution is 5.94. The van der Waals surface area contributed by atoms with Gasteiger partial charge < -0.3 is 42.1 Å². The number of anilines is 1. The van der Waals surface area contributed by atoms with Crippen molar-refractivity contribution in [3.63, 3.8) is 0 Å². The second-order valence-corrected chi connectivity index (χ2v) is 10.6. The van der Waals surface area contributed by atoms with Crippen LogP contribution in [0.4, 0.5) is 10.5 Å². The van der Waals surface area contributed by atoms with Gasteiger partial charge >= 0.3 is 18.0 Å². The first kappa shape index (κ1) is 35.6. The molecule has 0 heterocycles. The Hall–Kier alpha value is -5.92. The van der Waals surface area contributed by atoms with Crippen molar-refractivity contribution in [3.8, 4) is 0 Å². The van der Waals surface area contributed by atoms with Crippen molar-refractivity contribution in [2.75, 3.05) is 32.0 Å². The van der Waals surface area contributed by atoms with Crippen LogP contribution in [-0.4, -0.2) is 88.5 Å². The zero-order valence-corrected chi connectivity index (χ0v) is 25.9. The van der Waals surface area contributed by atoms with Crippen molar-refractivity contribution >= 4 is 41.4 Å². The van der Waals surface area contributed by atoms with Gasteiger partial charge in [0.15, 0.2) is 5.96 Å². The molecular formula is C33H39N7O7. The SMILES string of the molecule is CNC(=O)Nc1ccc(CN(C(=O)C(c2ccccc2)c2ccccc2)[C@H](CCCN=C(N)N)C(=O)N(CC(=O)O)CC(=O)O)cc1. The zero-order valence-electron chi connectivity index (χ0n) is 25.9. The van der Waals surface area contributed by atoms with Gasteiger partial charge in [-0.1, -0.05) is 72.8 Å². The number of urea groups is 1. The molecule has 0 aliphatic carbocycles. The number of carbonyl (C=O) groups excluding carboxylic acids is 3. The number of carbonyl (C=O) groups is 5. The van der Waals surface area contributed by atoms with Gasteiger partial charge in [0.1, 0.15) is 19.1 Å². The van der Waals surface area contributed by atoms with Crippen LogP contribution in [-0.2, 0) is 25.7 Å². The van der Waals surface area contributed by atoms with E-state index in [1.54, 1.807) is 72.8 Å². The highest BCUT2D eigenvalue weighted by Crippen LogP contribution is 2.30. The third-order valence-electron chi connectivity index (χ3n) is 7.14.